The second-order valence-electron chi connectivity index (χ2n) is 4.42. The van der Waals surface area contributed by atoms with E-state index in [0.29, 0.717) is 5.41 Å². The maximum absolute atomic E-state index is 11.3. The van der Waals surface area contributed by atoms with Crippen LogP contribution in [0, 0.1) is 5.41 Å². The zero-order valence-electron chi connectivity index (χ0n) is 8.51. The molecule has 1 saturated carbocycles. The van der Waals surface area contributed by atoms with Crippen molar-refractivity contribution in [3.05, 3.63) is 0 Å². The van der Waals surface area contributed by atoms with E-state index in [1.807, 2.05) is 0 Å². The van der Waals surface area contributed by atoms with Crippen molar-refractivity contribution in [3.63, 3.8) is 0 Å². The van der Waals surface area contributed by atoms with Gasteiger partial charge in [0.2, 0.25) is 5.91 Å². The number of rotatable bonds is 3. The van der Waals surface area contributed by atoms with Gasteiger partial charge in [-0.25, -0.2) is 4.79 Å². The fraction of sp³-hybridized carbons (Fsp3) is 0.800. The van der Waals surface area contributed by atoms with Crippen LogP contribution in [0.3, 0.4) is 0 Å². The predicted molar refractivity (Wildman–Crippen MR) is 51.7 cm³/mol. The highest BCUT2D eigenvalue weighted by Gasteiger charge is 2.40. The van der Waals surface area contributed by atoms with Crippen molar-refractivity contribution in [2.75, 3.05) is 13.1 Å². The van der Waals surface area contributed by atoms with Crippen molar-refractivity contribution in [2.45, 2.75) is 32.6 Å². The normalized spacial score (nSPS) is 24.8. The van der Waals surface area contributed by atoms with Crippen LogP contribution in [0.5, 0.6) is 0 Å². The van der Waals surface area contributed by atoms with Gasteiger partial charge in [-0.15, -0.1) is 0 Å². The maximum atomic E-state index is 11.3. The van der Waals surface area contributed by atoms with Crippen LogP contribution in [-0.2, 0) is 4.79 Å². The molecule has 0 bridgehead atoms. The average molecular weight is 196 g/mol. The molecule has 1 N–H and O–H groups in total. The molecule has 4 nitrogen and oxygen atoms in total. The lowest BCUT2D eigenvalue weighted by molar-refractivity contribution is -0.118. The van der Waals surface area contributed by atoms with Gasteiger partial charge in [0.05, 0.1) is 0 Å². The number of urea groups is 1. The molecule has 2 aliphatic rings. The summed E-state index contributed by atoms with van der Waals surface area (Å²) in [5.74, 6) is -0.166. The number of nitrogens with zero attached hydrogens (tertiary/aromatic N) is 1. The Morgan fingerprint density at radius 3 is 2.50 bits per heavy atom. The molecular formula is C10H16N2O2. The highest BCUT2D eigenvalue weighted by atomic mass is 16.2. The average Bonchev–Trinajstić information content (AvgIpc) is 2.38. The molecule has 2 rings (SSSR count). The molecule has 1 heterocycles. The first kappa shape index (κ1) is 9.49. The first-order chi connectivity index (χ1) is 6.65. The first-order valence-electron chi connectivity index (χ1n) is 5.24. The third-order valence-corrected chi connectivity index (χ3v) is 3.56. The molecular weight excluding hydrogens is 180 g/mol. The smallest absolute Gasteiger partial charge is 0.315 e. The van der Waals surface area contributed by atoms with Crippen LogP contribution in [0.1, 0.15) is 32.6 Å². The molecule has 3 amide bonds. The van der Waals surface area contributed by atoms with Gasteiger partial charge in [0, 0.05) is 6.54 Å². The van der Waals surface area contributed by atoms with E-state index in [9.17, 15) is 9.59 Å². The summed E-state index contributed by atoms with van der Waals surface area (Å²) >= 11 is 0. The molecule has 4 heteroatoms. The number of amides is 3. The van der Waals surface area contributed by atoms with Gasteiger partial charge >= 0.3 is 6.03 Å². The Balaban J connectivity index is 1.96. The number of imide groups is 1. The predicted octanol–water partition coefficient (Wildman–Crippen LogP) is 1.12. The van der Waals surface area contributed by atoms with Gasteiger partial charge in [-0.2, -0.15) is 0 Å². The molecule has 0 radical (unpaired) electrons. The van der Waals surface area contributed by atoms with Crippen LogP contribution in [0.4, 0.5) is 4.79 Å². The molecule has 1 aliphatic carbocycles. The summed E-state index contributed by atoms with van der Waals surface area (Å²) in [4.78, 5) is 23.9. The van der Waals surface area contributed by atoms with E-state index in [2.05, 4.69) is 12.2 Å². The minimum absolute atomic E-state index is 0.166. The Hall–Kier alpha value is -1.06. The lowest BCUT2D eigenvalue weighted by atomic mass is 9.67. The molecule has 0 aromatic rings. The first-order valence-corrected chi connectivity index (χ1v) is 5.24. The van der Waals surface area contributed by atoms with Crippen molar-refractivity contribution in [1.82, 2.24) is 10.2 Å². The summed E-state index contributed by atoms with van der Waals surface area (Å²) in [7, 11) is 0. The third kappa shape index (κ3) is 1.49. The summed E-state index contributed by atoms with van der Waals surface area (Å²) < 4.78 is 0. The van der Waals surface area contributed by atoms with E-state index in [1.165, 1.54) is 19.3 Å². The van der Waals surface area contributed by atoms with Crippen LogP contribution in [-0.4, -0.2) is 29.9 Å². The van der Waals surface area contributed by atoms with Gasteiger partial charge < -0.3 is 4.90 Å². The minimum Gasteiger partial charge on any atom is -0.315 e. The third-order valence-electron chi connectivity index (χ3n) is 3.56. The van der Waals surface area contributed by atoms with Crippen molar-refractivity contribution < 1.29 is 9.59 Å². The number of carbonyl (C=O) groups excluding carboxylic acids is 2. The van der Waals surface area contributed by atoms with Gasteiger partial charge in [0.25, 0.3) is 0 Å². The largest absolute Gasteiger partial charge is 0.324 e. The SMILES string of the molecule is CCC1(CN2CC(=O)NC2=O)CCC1. The van der Waals surface area contributed by atoms with Crippen LogP contribution in [0.15, 0.2) is 0 Å². The highest BCUT2D eigenvalue weighted by Crippen LogP contribution is 2.44. The Morgan fingerprint density at radius 1 is 1.43 bits per heavy atom. The van der Waals surface area contributed by atoms with Crippen LogP contribution in [0.2, 0.25) is 0 Å². The molecule has 78 valence electrons. The van der Waals surface area contributed by atoms with E-state index >= 15 is 0 Å². The zero-order valence-corrected chi connectivity index (χ0v) is 8.51. The fourth-order valence-electron chi connectivity index (χ4n) is 2.32. The second-order valence-corrected chi connectivity index (χ2v) is 4.42. The minimum atomic E-state index is -0.213. The molecule has 1 aliphatic heterocycles. The van der Waals surface area contributed by atoms with Crippen molar-refractivity contribution in [1.29, 1.82) is 0 Å². The van der Waals surface area contributed by atoms with Crippen LogP contribution >= 0.6 is 0 Å². The van der Waals surface area contributed by atoms with Gasteiger partial charge in [-0.1, -0.05) is 13.3 Å². The second kappa shape index (κ2) is 3.26. The van der Waals surface area contributed by atoms with E-state index < -0.39 is 0 Å². The number of nitrogens with one attached hydrogen (secondary N) is 1. The molecule has 14 heavy (non-hydrogen) atoms. The Kier molecular flexibility index (Phi) is 2.21. The molecule has 0 unspecified atom stereocenters. The van der Waals surface area contributed by atoms with E-state index in [4.69, 9.17) is 0 Å². The number of hydrogen-bond donors (Lipinski definition) is 1. The highest BCUT2D eigenvalue weighted by molar-refractivity contribution is 6.01. The van der Waals surface area contributed by atoms with Crippen molar-refractivity contribution in [2.24, 2.45) is 5.41 Å². The monoisotopic (exact) mass is 196 g/mol. The van der Waals surface area contributed by atoms with Crippen LogP contribution < -0.4 is 5.32 Å². The lowest BCUT2D eigenvalue weighted by Crippen LogP contribution is -2.43. The lowest BCUT2D eigenvalue weighted by Gasteiger charge is -2.43. The Morgan fingerprint density at radius 2 is 2.14 bits per heavy atom. The standard InChI is InChI=1S/C10H16N2O2/c1-2-10(4-3-5-10)7-12-6-8(13)11-9(12)14/h2-7H2,1H3,(H,11,13,14). The van der Waals surface area contributed by atoms with Gasteiger partial charge in [-0.05, 0) is 24.7 Å². The van der Waals surface area contributed by atoms with Crippen LogP contribution in [0.25, 0.3) is 0 Å². The van der Waals surface area contributed by atoms with Gasteiger partial charge in [0.1, 0.15) is 6.54 Å². The summed E-state index contributed by atoms with van der Waals surface area (Å²) in [6.07, 6.45) is 4.76. The molecule has 0 aromatic heterocycles. The molecule has 0 spiro atoms. The maximum Gasteiger partial charge on any atom is 0.324 e. The fourth-order valence-corrected chi connectivity index (χ4v) is 2.32. The van der Waals surface area contributed by atoms with Crippen molar-refractivity contribution in [3.8, 4) is 0 Å². The summed E-state index contributed by atoms with van der Waals surface area (Å²) in [6.45, 7) is 3.16. The summed E-state index contributed by atoms with van der Waals surface area (Å²) in [6, 6.07) is -0.213. The summed E-state index contributed by atoms with van der Waals surface area (Å²) in [5, 5.41) is 2.31. The molecule has 2 fully saturated rings. The Bertz CT molecular complexity index is 266. The quantitative estimate of drug-likeness (QED) is 0.687. The Labute approximate surface area is 83.6 Å². The van der Waals surface area contributed by atoms with Gasteiger partial charge in [0.15, 0.2) is 0 Å². The number of carbonyl (C=O) groups is 2. The molecule has 0 atom stereocenters. The summed E-state index contributed by atoms with van der Waals surface area (Å²) in [5.41, 5.74) is 0.308. The number of hydrogen-bond acceptors (Lipinski definition) is 2. The van der Waals surface area contributed by atoms with Crippen molar-refractivity contribution >= 4 is 11.9 Å². The van der Waals surface area contributed by atoms with Gasteiger partial charge in [-0.3, -0.25) is 10.1 Å². The van der Waals surface area contributed by atoms with E-state index in [1.54, 1.807) is 4.90 Å². The topological polar surface area (TPSA) is 49.4 Å². The zero-order chi connectivity index (χ0) is 10.2. The van der Waals surface area contributed by atoms with E-state index in [-0.39, 0.29) is 18.5 Å². The van der Waals surface area contributed by atoms with E-state index in [0.717, 1.165) is 13.0 Å². The molecule has 1 saturated heterocycles. The molecule has 0 aromatic carbocycles.